The highest BCUT2D eigenvalue weighted by Crippen LogP contribution is 2.30. The minimum atomic E-state index is 0.219. The summed E-state index contributed by atoms with van der Waals surface area (Å²) >= 11 is 0. The fourth-order valence-electron chi connectivity index (χ4n) is 2.26. The summed E-state index contributed by atoms with van der Waals surface area (Å²) in [6.45, 7) is 1.02. The van der Waals surface area contributed by atoms with Crippen LogP contribution < -0.4 is 4.74 Å². The number of rotatable bonds is 4. The van der Waals surface area contributed by atoms with E-state index in [0.29, 0.717) is 0 Å². The molecule has 88 valence electrons. The minimum Gasteiger partial charge on any atom is -0.493 e. The average molecular weight is 221 g/mol. The molecule has 0 bridgehead atoms. The molecule has 0 saturated heterocycles. The van der Waals surface area contributed by atoms with Gasteiger partial charge in [0.15, 0.2) is 0 Å². The van der Waals surface area contributed by atoms with Gasteiger partial charge in [-0.15, -0.1) is 0 Å². The SMILES string of the molecule is CN(C)C(CCO)c1ccc2c(c1)CCO2. The number of fused-ring (bicyclic) bond motifs is 1. The second-order valence-corrected chi connectivity index (χ2v) is 4.46. The van der Waals surface area contributed by atoms with E-state index in [2.05, 4.69) is 17.0 Å². The van der Waals surface area contributed by atoms with Crippen molar-refractivity contribution >= 4 is 0 Å². The molecule has 0 amide bonds. The lowest BCUT2D eigenvalue weighted by Gasteiger charge is -2.24. The van der Waals surface area contributed by atoms with Crippen molar-refractivity contribution in [3.8, 4) is 5.75 Å². The van der Waals surface area contributed by atoms with Gasteiger partial charge >= 0.3 is 0 Å². The third-order valence-corrected chi connectivity index (χ3v) is 3.12. The number of hydrogen-bond acceptors (Lipinski definition) is 3. The molecule has 1 unspecified atom stereocenters. The van der Waals surface area contributed by atoms with Crippen molar-refractivity contribution in [3.05, 3.63) is 29.3 Å². The summed E-state index contributed by atoms with van der Waals surface area (Å²) in [5, 5.41) is 9.09. The molecule has 1 aromatic rings. The quantitative estimate of drug-likeness (QED) is 0.838. The van der Waals surface area contributed by atoms with Crippen LogP contribution in [0.25, 0.3) is 0 Å². The zero-order valence-corrected chi connectivity index (χ0v) is 9.94. The molecule has 1 aliphatic heterocycles. The predicted molar refractivity (Wildman–Crippen MR) is 63.8 cm³/mol. The topological polar surface area (TPSA) is 32.7 Å². The third kappa shape index (κ3) is 2.20. The molecular formula is C13H19NO2. The molecule has 0 spiro atoms. The summed E-state index contributed by atoms with van der Waals surface area (Å²) in [6.07, 6.45) is 1.77. The van der Waals surface area contributed by atoms with E-state index in [0.717, 1.165) is 25.2 Å². The summed E-state index contributed by atoms with van der Waals surface area (Å²) < 4.78 is 5.49. The highest BCUT2D eigenvalue weighted by Gasteiger charge is 2.17. The van der Waals surface area contributed by atoms with Gasteiger partial charge in [-0.25, -0.2) is 0 Å². The molecule has 1 aromatic carbocycles. The molecule has 0 aromatic heterocycles. The van der Waals surface area contributed by atoms with E-state index >= 15 is 0 Å². The van der Waals surface area contributed by atoms with Gasteiger partial charge in [0.25, 0.3) is 0 Å². The predicted octanol–water partition coefficient (Wildman–Crippen LogP) is 1.61. The minimum absolute atomic E-state index is 0.219. The van der Waals surface area contributed by atoms with Crippen molar-refractivity contribution < 1.29 is 9.84 Å². The Morgan fingerprint density at radius 3 is 2.94 bits per heavy atom. The average Bonchev–Trinajstić information content (AvgIpc) is 2.72. The number of hydrogen-bond donors (Lipinski definition) is 1. The Labute approximate surface area is 96.6 Å². The first kappa shape index (κ1) is 11.4. The van der Waals surface area contributed by atoms with Crippen molar-refractivity contribution in [1.29, 1.82) is 0 Å². The van der Waals surface area contributed by atoms with Gasteiger partial charge in [-0.3, -0.25) is 0 Å². The van der Waals surface area contributed by atoms with Crippen LogP contribution in [0, 0.1) is 0 Å². The Kier molecular flexibility index (Phi) is 3.46. The van der Waals surface area contributed by atoms with Gasteiger partial charge < -0.3 is 14.7 Å². The molecule has 3 nitrogen and oxygen atoms in total. The monoisotopic (exact) mass is 221 g/mol. The van der Waals surface area contributed by atoms with E-state index in [1.54, 1.807) is 0 Å². The van der Waals surface area contributed by atoms with Crippen molar-refractivity contribution in [2.45, 2.75) is 18.9 Å². The van der Waals surface area contributed by atoms with E-state index < -0.39 is 0 Å². The molecule has 1 N–H and O–H groups in total. The van der Waals surface area contributed by atoms with Gasteiger partial charge in [0.2, 0.25) is 0 Å². The maximum Gasteiger partial charge on any atom is 0.122 e. The van der Waals surface area contributed by atoms with Gasteiger partial charge in [0.1, 0.15) is 5.75 Å². The number of benzene rings is 1. The Bertz CT molecular complexity index is 363. The van der Waals surface area contributed by atoms with Crippen molar-refractivity contribution in [1.82, 2.24) is 4.90 Å². The molecule has 0 fully saturated rings. The fourth-order valence-corrected chi connectivity index (χ4v) is 2.26. The van der Waals surface area contributed by atoms with E-state index in [1.807, 2.05) is 20.2 Å². The molecule has 0 aliphatic carbocycles. The smallest absolute Gasteiger partial charge is 0.122 e. The molecule has 0 saturated carbocycles. The summed E-state index contributed by atoms with van der Waals surface area (Å²) in [5.74, 6) is 1.02. The van der Waals surface area contributed by atoms with Crippen LogP contribution in [-0.2, 0) is 6.42 Å². The van der Waals surface area contributed by atoms with Crippen LogP contribution in [0.2, 0.25) is 0 Å². The van der Waals surface area contributed by atoms with Gasteiger partial charge in [-0.1, -0.05) is 12.1 Å². The first-order valence-corrected chi connectivity index (χ1v) is 5.75. The molecule has 0 radical (unpaired) electrons. The highest BCUT2D eigenvalue weighted by atomic mass is 16.5. The van der Waals surface area contributed by atoms with Gasteiger partial charge in [0, 0.05) is 19.1 Å². The first-order chi connectivity index (χ1) is 7.72. The summed E-state index contributed by atoms with van der Waals surface area (Å²) in [5.41, 5.74) is 2.56. The Balaban J connectivity index is 2.24. The maximum absolute atomic E-state index is 9.09. The van der Waals surface area contributed by atoms with Crippen LogP contribution in [0.1, 0.15) is 23.6 Å². The molecule has 1 aliphatic rings. The van der Waals surface area contributed by atoms with Crippen LogP contribution in [0.15, 0.2) is 18.2 Å². The number of aliphatic hydroxyl groups is 1. The Morgan fingerprint density at radius 2 is 2.25 bits per heavy atom. The zero-order valence-electron chi connectivity index (χ0n) is 9.94. The largest absolute Gasteiger partial charge is 0.493 e. The van der Waals surface area contributed by atoms with Crippen LogP contribution in [0.3, 0.4) is 0 Å². The number of aliphatic hydroxyl groups excluding tert-OH is 1. The fraction of sp³-hybridized carbons (Fsp3) is 0.538. The van der Waals surface area contributed by atoms with Crippen molar-refractivity contribution in [2.75, 3.05) is 27.3 Å². The Hall–Kier alpha value is -1.06. The highest BCUT2D eigenvalue weighted by molar-refractivity contribution is 5.40. The molecular weight excluding hydrogens is 202 g/mol. The van der Waals surface area contributed by atoms with Gasteiger partial charge in [0.05, 0.1) is 6.61 Å². The lowest BCUT2D eigenvalue weighted by atomic mass is 10.00. The third-order valence-electron chi connectivity index (χ3n) is 3.12. The van der Waals surface area contributed by atoms with Crippen LogP contribution >= 0.6 is 0 Å². The van der Waals surface area contributed by atoms with Crippen LogP contribution in [0.4, 0.5) is 0 Å². The molecule has 1 heterocycles. The van der Waals surface area contributed by atoms with Gasteiger partial charge in [-0.2, -0.15) is 0 Å². The number of ether oxygens (including phenoxy) is 1. The molecule has 1 atom stereocenters. The normalized spacial score (nSPS) is 16.0. The van der Waals surface area contributed by atoms with E-state index in [9.17, 15) is 0 Å². The summed E-state index contributed by atoms with van der Waals surface area (Å²) in [6, 6.07) is 6.65. The molecule has 3 heteroatoms. The van der Waals surface area contributed by atoms with E-state index in [4.69, 9.17) is 9.84 Å². The van der Waals surface area contributed by atoms with E-state index in [-0.39, 0.29) is 12.6 Å². The maximum atomic E-state index is 9.09. The van der Waals surface area contributed by atoms with E-state index in [1.165, 1.54) is 11.1 Å². The second-order valence-electron chi connectivity index (χ2n) is 4.46. The molecule has 16 heavy (non-hydrogen) atoms. The standard InChI is InChI=1S/C13H19NO2/c1-14(2)12(5-7-15)10-3-4-13-11(9-10)6-8-16-13/h3-4,9,12,15H,5-8H2,1-2H3. The zero-order chi connectivity index (χ0) is 11.5. The van der Waals surface area contributed by atoms with Crippen LogP contribution in [-0.4, -0.2) is 37.3 Å². The van der Waals surface area contributed by atoms with Crippen LogP contribution in [0.5, 0.6) is 5.75 Å². The second kappa shape index (κ2) is 4.85. The lowest BCUT2D eigenvalue weighted by Crippen LogP contribution is -2.21. The summed E-state index contributed by atoms with van der Waals surface area (Å²) in [4.78, 5) is 2.15. The Morgan fingerprint density at radius 1 is 1.44 bits per heavy atom. The molecule has 2 rings (SSSR count). The van der Waals surface area contributed by atoms with Crippen molar-refractivity contribution in [3.63, 3.8) is 0 Å². The lowest BCUT2D eigenvalue weighted by molar-refractivity contribution is 0.211. The number of nitrogens with zero attached hydrogens (tertiary/aromatic N) is 1. The van der Waals surface area contributed by atoms with Gasteiger partial charge in [-0.05, 0) is 37.7 Å². The first-order valence-electron chi connectivity index (χ1n) is 5.75. The summed E-state index contributed by atoms with van der Waals surface area (Å²) in [7, 11) is 4.09. The van der Waals surface area contributed by atoms with Crippen molar-refractivity contribution in [2.24, 2.45) is 0 Å².